The first-order chi connectivity index (χ1) is 20.6. The van der Waals surface area contributed by atoms with Crippen molar-refractivity contribution in [3.8, 4) is 17.1 Å². The maximum Gasteiger partial charge on any atom is 0.423 e. The van der Waals surface area contributed by atoms with Crippen molar-refractivity contribution >= 4 is 17.1 Å². The number of aliphatic hydroxyl groups is 1. The number of aromatic nitrogens is 4. The summed E-state index contributed by atoms with van der Waals surface area (Å²) in [5.74, 6) is -4.70. The number of nitrogens with zero attached hydrogens (tertiary/aromatic N) is 4. The maximum absolute atomic E-state index is 15.6. The van der Waals surface area contributed by atoms with Gasteiger partial charge in [-0.05, 0) is 77.4 Å². The number of hydrogen-bond donors (Lipinski definition) is 1. The molecule has 0 aliphatic carbocycles. The summed E-state index contributed by atoms with van der Waals surface area (Å²) >= 11 is 0. The zero-order valence-corrected chi connectivity index (χ0v) is 24.6. The predicted molar refractivity (Wildman–Crippen MR) is 150 cm³/mol. The second-order valence-corrected chi connectivity index (χ2v) is 11.1. The molecule has 2 aromatic carbocycles. The fourth-order valence-electron chi connectivity index (χ4n) is 4.99. The standard InChI is InChI=1S/C31H28F4N4O5/c1-7-42-28-37-27-20(31(41,25-9-8-18(32)14-36-25)19-12-22(34)23(35)13-21(19)33)10-17(26-15(2)38-44-16(26)3)11-24(27)39(28)29(40)43-30(4,5)6/h8-14,41H,7H2,1-6H3. The van der Waals surface area contributed by atoms with Crippen LogP contribution in [-0.2, 0) is 10.3 Å². The summed E-state index contributed by atoms with van der Waals surface area (Å²) < 4.78 is 76.0. The highest BCUT2D eigenvalue weighted by Crippen LogP contribution is 2.44. The van der Waals surface area contributed by atoms with Gasteiger partial charge in [-0.15, -0.1) is 0 Å². The second-order valence-electron chi connectivity index (χ2n) is 11.1. The van der Waals surface area contributed by atoms with Crippen molar-refractivity contribution in [1.82, 2.24) is 19.7 Å². The molecule has 0 radical (unpaired) electrons. The molecule has 0 amide bonds. The summed E-state index contributed by atoms with van der Waals surface area (Å²) in [6.45, 7) is 10.0. The van der Waals surface area contributed by atoms with Gasteiger partial charge in [0.15, 0.2) is 17.2 Å². The summed E-state index contributed by atoms with van der Waals surface area (Å²) in [4.78, 5) is 22.0. The van der Waals surface area contributed by atoms with Crippen molar-refractivity contribution in [2.75, 3.05) is 6.61 Å². The smallest absolute Gasteiger partial charge is 0.423 e. The third kappa shape index (κ3) is 5.27. The van der Waals surface area contributed by atoms with E-state index in [2.05, 4.69) is 15.1 Å². The topological polar surface area (TPSA) is 112 Å². The lowest BCUT2D eigenvalue weighted by atomic mass is 9.80. The monoisotopic (exact) mass is 612 g/mol. The SMILES string of the molecule is CCOc1nc2c(C(O)(c3ccc(F)cn3)c3cc(F)c(F)cc3F)cc(-c3c(C)noc3C)cc2n1C(=O)OC(C)(C)C. The molecule has 0 saturated heterocycles. The fourth-order valence-corrected chi connectivity index (χ4v) is 4.99. The number of rotatable bonds is 6. The number of halogens is 4. The summed E-state index contributed by atoms with van der Waals surface area (Å²) in [5, 5.41) is 16.6. The lowest BCUT2D eigenvalue weighted by Crippen LogP contribution is -2.32. The molecule has 5 aromatic rings. The van der Waals surface area contributed by atoms with Crippen LogP contribution >= 0.6 is 0 Å². The Morgan fingerprint density at radius 3 is 2.30 bits per heavy atom. The average Bonchev–Trinajstić information content (AvgIpc) is 3.47. The maximum atomic E-state index is 15.6. The predicted octanol–water partition coefficient (Wildman–Crippen LogP) is 6.73. The minimum atomic E-state index is -2.73. The van der Waals surface area contributed by atoms with Crippen LogP contribution in [0.5, 0.6) is 6.01 Å². The first-order valence-electron chi connectivity index (χ1n) is 13.5. The minimum Gasteiger partial charge on any atom is -0.465 e. The van der Waals surface area contributed by atoms with Crippen LogP contribution < -0.4 is 4.74 Å². The van der Waals surface area contributed by atoms with E-state index in [1.807, 2.05) is 0 Å². The van der Waals surface area contributed by atoms with Gasteiger partial charge in [0, 0.05) is 22.8 Å². The van der Waals surface area contributed by atoms with E-state index in [9.17, 15) is 23.1 Å². The molecule has 1 unspecified atom stereocenters. The molecule has 9 nitrogen and oxygen atoms in total. The Morgan fingerprint density at radius 1 is 1.00 bits per heavy atom. The Balaban J connectivity index is 1.98. The molecule has 3 heterocycles. The third-order valence-corrected chi connectivity index (χ3v) is 6.79. The van der Waals surface area contributed by atoms with Crippen molar-refractivity contribution in [2.45, 2.75) is 52.7 Å². The van der Waals surface area contributed by atoms with Crippen molar-refractivity contribution in [3.63, 3.8) is 0 Å². The second kappa shape index (κ2) is 11.1. The van der Waals surface area contributed by atoms with E-state index in [0.717, 1.165) is 22.9 Å². The number of fused-ring (bicyclic) bond motifs is 1. The Hall–Kier alpha value is -4.78. The van der Waals surface area contributed by atoms with Crippen molar-refractivity contribution in [2.24, 2.45) is 0 Å². The summed E-state index contributed by atoms with van der Waals surface area (Å²) in [5.41, 5.74) is -3.85. The van der Waals surface area contributed by atoms with E-state index in [-0.39, 0.29) is 41.0 Å². The van der Waals surface area contributed by atoms with Crippen LogP contribution in [0.3, 0.4) is 0 Å². The van der Waals surface area contributed by atoms with Crippen LogP contribution in [0.1, 0.15) is 56.0 Å². The van der Waals surface area contributed by atoms with Gasteiger partial charge in [-0.25, -0.2) is 22.4 Å². The average molecular weight is 613 g/mol. The first kappa shape index (κ1) is 30.7. The number of hydrogen-bond acceptors (Lipinski definition) is 8. The number of carbonyl (C=O) groups excluding carboxylic acids is 1. The Kier molecular flexibility index (Phi) is 7.70. The van der Waals surface area contributed by atoms with Crippen LogP contribution in [0.4, 0.5) is 22.4 Å². The van der Waals surface area contributed by atoms with Crippen molar-refractivity contribution in [1.29, 1.82) is 0 Å². The Bertz CT molecular complexity index is 1880. The number of ether oxygens (including phenoxy) is 2. The van der Waals surface area contributed by atoms with Crippen LogP contribution in [0.2, 0.25) is 0 Å². The molecule has 5 rings (SSSR count). The van der Waals surface area contributed by atoms with Crippen LogP contribution in [0.15, 0.2) is 47.1 Å². The van der Waals surface area contributed by atoms with E-state index in [1.54, 1.807) is 47.6 Å². The molecule has 13 heteroatoms. The lowest BCUT2D eigenvalue weighted by Gasteiger charge is -2.30. The quantitative estimate of drug-likeness (QED) is 0.166. The lowest BCUT2D eigenvalue weighted by molar-refractivity contribution is 0.0527. The third-order valence-electron chi connectivity index (χ3n) is 6.79. The summed E-state index contributed by atoms with van der Waals surface area (Å²) in [6.07, 6.45) is -0.106. The largest absolute Gasteiger partial charge is 0.465 e. The molecule has 0 aliphatic heterocycles. The molecule has 44 heavy (non-hydrogen) atoms. The summed E-state index contributed by atoms with van der Waals surface area (Å²) in [7, 11) is 0. The number of benzene rings is 2. The molecule has 230 valence electrons. The Morgan fingerprint density at radius 2 is 1.70 bits per heavy atom. The zero-order chi connectivity index (χ0) is 32.1. The number of aryl methyl sites for hydroxylation is 2. The first-order valence-corrected chi connectivity index (χ1v) is 13.5. The molecule has 0 fully saturated rings. The molecule has 0 saturated carbocycles. The van der Waals surface area contributed by atoms with Gasteiger partial charge in [-0.2, -0.15) is 9.55 Å². The molecule has 3 aromatic heterocycles. The van der Waals surface area contributed by atoms with E-state index >= 15 is 4.39 Å². The van der Waals surface area contributed by atoms with Crippen LogP contribution in [0, 0.1) is 37.1 Å². The van der Waals surface area contributed by atoms with E-state index in [1.165, 1.54) is 6.07 Å². The van der Waals surface area contributed by atoms with Gasteiger partial charge in [0.2, 0.25) is 0 Å². The normalized spacial score (nSPS) is 13.2. The number of carbonyl (C=O) groups is 1. The summed E-state index contributed by atoms with van der Waals surface area (Å²) in [6, 6.07) is 5.52. The van der Waals surface area contributed by atoms with Gasteiger partial charge >= 0.3 is 12.1 Å². The van der Waals surface area contributed by atoms with Gasteiger partial charge in [0.25, 0.3) is 0 Å². The van der Waals surface area contributed by atoms with E-state index in [0.29, 0.717) is 28.6 Å². The molecule has 0 aliphatic rings. The van der Waals surface area contributed by atoms with E-state index < -0.39 is 46.1 Å². The van der Waals surface area contributed by atoms with Gasteiger partial charge in [-0.1, -0.05) is 5.16 Å². The van der Waals surface area contributed by atoms with E-state index in [4.69, 9.17) is 14.0 Å². The van der Waals surface area contributed by atoms with Crippen molar-refractivity contribution in [3.05, 3.63) is 94.1 Å². The van der Waals surface area contributed by atoms with Gasteiger partial charge in [-0.3, -0.25) is 4.98 Å². The molecule has 1 atom stereocenters. The minimum absolute atomic E-state index is 0.0405. The van der Waals surface area contributed by atoms with Crippen LogP contribution in [0.25, 0.3) is 22.2 Å². The highest BCUT2D eigenvalue weighted by atomic mass is 19.2. The fraction of sp³-hybridized carbons (Fsp3) is 0.290. The zero-order valence-electron chi connectivity index (χ0n) is 24.6. The molecular formula is C31H28F4N4O5. The number of pyridine rings is 1. The highest BCUT2D eigenvalue weighted by molar-refractivity contribution is 5.94. The highest BCUT2D eigenvalue weighted by Gasteiger charge is 2.42. The van der Waals surface area contributed by atoms with Crippen molar-refractivity contribution < 1.29 is 41.5 Å². The molecule has 1 N–H and O–H groups in total. The molecule has 0 spiro atoms. The van der Waals surface area contributed by atoms with Gasteiger partial charge in [0.1, 0.15) is 23.0 Å². The molecule has 0 bridgehead atoms. The van der Waals surface area contributed by atoms with Crippen LogP contribution in [-0.4, -0.2) is 43.1 Å². The Labute approximate surface area is 249 Å². The number of imidazole rings is 1. The van der Waals surface area contributed by atoms with Gasteiger partial charge < -0.3 is 19.1 Å². The van der Waals surface area contributed by atoms with Gasteiger partial charge in [0.05, 0.1) is 35.2 Å². The molecular weight excluding hydrogens is 584 g/mol.